The first-order valence-electron chi connectivity index (χ1n) is 6.55. The average Bonchev–Trinajstić information content (AvgIpc) is 2.88. The van der Waals surface area contributed by atoms with Gasteiger partial charge in [-0.3, -0.25) is 0 Å². The second-order valence-electron chi connectivity index (χ2n) is 4.85. The Morgan fingerprint density at radius 1 is 1.20 bits per heavy atom. The highest BCUT2D eigenvalue weighted by atomic mass is 15.1. The van der Waals surface area contributed by atoms with Crippen LogP contribution in [0.3, 0.4) is 0 Å². The quantitative estimate of drug-likeness (QED) is 0.531. The zero-order valence-electron chi connectivity index (χ0n) is 9.75. The molecule has 2 heteroatoms. The van der Waals surface area contributed by atoms with E-state index in [0.717, 1.165) is 5.92 Å². The van der Waals surface area contributed by atoms with Crippen LogP contribution in [0.25, 0.3) is 0 Å². The average molecular weight is 208 g/mol. The molecule has 2 rings (SSSR count). The van der Waals surface area contributed by atoms with Crippen molar-refractivity contribution in [3.63, 3.8) is 0 Å². The standard InChI is InChI=1S/C13H24N2/c1-2-6-13(5-1)7-8-14-9-12-15-10-3-4-11-15/h1,5,13-14H,2-4,6-12H2. The lowest BCUT2D eigenvalue weighted by Crippen LogP contribution is -2.30. The molecular weight excluding hydrogens is 184 g/mol. The summed E-state index contributed by atoms with van der Waals surface area (Å²) in [6.07, 6.45) is 11.6. The molecule has 0 aromatic rings. The van der Waals surface area contributed by atoms with Crippen molar-refractivity contribution in [2.75, 3.05) is 32.7 Å². The maximum Gasteiger partial charge on any atom is 0.0107 e. The third-order valence-electron chi connectivity index (χ3n) is 3.61. The highest BCUT2D eigenvalue weighted by Crippen LogP contribution is 2.19. The predicted octanol–water partition coefficient (Wildman–Crippen LogP) is 2.03. The van der Waals surface area contributed by atoms with Crippen LogP contribution in [-0.2, 0) is 0 Å². The first kappa shape index (κ1) is 11.2. The Morgan fingerprint density at radius 3 is 2.80 bits per heavy atom. The largest absolute Gasteiger partial charge is 0.315 e. The molecule has 0 bridgehead atoms. The van der Waals surface area contributed by atoms with E-state index in [4.69, 9.17) is 0 Å². The van der Waals surface area contributed by atoms with Crippen molar-refractivity contribution < 1.29 is 0 Å². The first-order valence-corrected chi connectivity index (χ1v) is 6.55. The second-order valence-corrected chi connectivity index (χ2v) is 4.85. The number of allylic oxidation sites excluding steroid dienone is 2. The maximum atomic E-state index is 3.56. The Balaban J connectivity index is 1.43. The van der Waals surface area contributed by atoms with Crippen LogP contribution in [0.5, 0.6) is 0 Å². The molecular formula is C13H24N2. The number of hydrogen-bond acceptors (Lipinski definition) is 2. The van der Waals surface area contributed by atoms with Crippen molar-refractivity contribution in [2.24, 2.45) is 5.92 Å². The zero-order chi connectivity index (χ0) is 10.3. The van der Waals surface area contributed by atoms with E-state index in [9.17, 15) is 0 Å². The molecule has 1 heterocycles. The Kier molecular flexibility index (Phi) is 4.68. The van der Waals surface area contributed by atoms with Gasteiger partial charge in [0.2, 0.25) is 0 Å². The van der Waals surface area contributed by atoms with E-state index in [-0.39, 0.29) is 0 Å². The molecule has 1 fully saturated rings. The van der Waals surface area contributed by atoms with Gasteiger partial charge in [-0.2, -0.15) is 0 Å². The van der Waals surface area contributed by atoms with Crippen LogP contribution >= 0.6 is 0 Å². The molecule has 0 saturated carbocycles. The highest BCUT2D eigenvalue weighted by Gasteiger charge is 2.10. The summed E-state index contributed by atoms with van der Waals surface area (Å²) < 4.78 is 0. The minimum absolute atomic E-state index is 0.865. The second kappa shape index (κ2) is 6.29. The van der Waals surface area contributed by atoms with Crippen molar-refractivity contribution >= 4 is 0 Å². The number of hydrogen-bond donors (Lipinski definition) is 1. The summed E-state index contributed by atoms with van der Waals surface area (Å²) >= 11 is 0. The van der Waals surface area contributed by atoms with Gasteiger partial charge in [-0.25, -0.2) is 0 Å². The van der Waals surface area contributed by atoms with E-state index in [1.807, 2.05) is 0 Å². The molecule has 0 aromatic heterocycles. The van der Waals surface area contributed by atoms with Crippen molar-refractivity contribution in [1.82, 2.24) is 10.2 Å². The molecule has 0 spiro atoms. The van der Waals surface area contributed by atoms with E-state index < -0.39 is 0 Å². The molecule has 1 aliphatic carbocycles. The summed E-state index contributed by atoms with van der Waals surface area (Å²) in [5, 5.41) is 3.56. The molecule has 1 N–H and O–H groups in total. The molecule has 2 nitrogen and oxygen atoms in total. The third-order valence-corrected chi connectivity index (χ3v) is 3.61. The van der Waals surface area contributed by atoms with E-state index in [0.29, 0.717) is 0 Å². The van der Waals surface area contributed by atoms with E-state index in [1.165, 1.54) is 64.8 Å². The zero-order valence-corrected chi connectivity index (χ0v) is 9.75. The van der Waals surface area contributed by atoms with Gasteiger partial charge in [-0.15, -0.1) is 0 Å². The number of rotatable bonds is 6. The molecule has 0 radical (unpaired) electrons. The van der Waals surface area contributed by atoms with Gasteiger partial charge in [0.05, 0.1) is 0 Å². The van der Waals surface area contributed by atoms with Gasteiger partial charge >= 0.3 is 0 Å². The van der Waals surface area contributed by atoms with Crippen LogP contribution < -0.4 is 5.32 Å². The van der Waals surface area contributed by atoms with Gasteiger partial charge in [-0.05, 0) is 57.7 Å². The lowest BCUT2D eigenvalue weighted by atomic mass is 10.1. The molecule has 15 heavy (non-hydrogen) atoms. The lowest BCUT2D eigenvalue weighted by molar-refractivity contribution is 0.334. The first-order chi connectivity index (χ1) is 7.45. The lowest BCUT2D eigenvalue weighted by Gasteiger charge is -2.15. The Bertz CT molecular complexity index is 195. The van der Waals surface area contributed by atoms with Crippen LogP contribution in [0, 0.1) is 5.92 Å². The minimum atomic E-state index is 0.865. The highest BCUT2D eigenvalue weighted by molar-refractivity contribution is 4.96. The molecule has 1 atom stereocenters. The topological polar surface area (TPSA) is 15.3 Å². The summed E-state index contributed by atoms with van der Waals surface area (Å²) in [5.74, 6) is 0.865. The SMILES string of the molecule is C1=CC(CCNCCN2CCCC2)CC1. The van der Waals surface area contributed by atoms with Gasteiger partial charge in [0.15, 0.2) is 0 Å². The monoisotopic (exact) mass is 208 g/mol. The van der Waals surface area contributed by atoms with Crippen molar-refractivity contribution in [1.29, 1.82) is 0 Å². The summed E-state index contributed by atoms with van der Waals surface area (Å²) in [6, 6.07) is 0. The molecule has 0 aromatic carbocycles. The molecule has 1 unspecified atom stereocenters. The smallest absolute Gasteiger partial charge is 0.0107 e. The van der Waals surface area contributed by atoms with Gasteiger partial charge in [0, 0.05) is 13.1 Å². The molecule has 0 amide bonds. The van der Waals surface area contributed by atoms with E-state index >= 15 is 0 Å². The van der Waals surface area contributed by atoms with Crippen LogP contribution in [0.15, 0.2) is 12.2 Å². The number of likely N-dealkylation sites (tertiary alicyclic amines) is 1. The van der Waals surface area contributed by atoms with Crippen LogP contribution in [0.2, 0.25) is 0 Å². The fourth-order valence-electron chi connectivity index (χ4n) is 2.59. The summed E-state index contributed by atoms with van der Waals surface area (Å²) in [7, 11) is 0. The van der Waals surface area contributed by atoms with Gasteiger partial charge < -0.3 is 10.2 Å². The summed E-state index contributed by atoms with van der Waals surface area (Å²) in [6.45, 7) is 6.28. The molecule has 1 aliphatic heterocycles. The predicted molar refractivity (Wildman–Crippen MR) is 65.0 cm³/mol. The fourth-order valence-corrected chi connectivity index (χ4v) is 2.59. The summed E-state index contributed by atoms with van der Waals surface area (Å²) in [4.78, 5) is 2.57. The van der Waals surface area contributed by atoms with E-state index in [1.54, 1.807) is 0 Å². The van der Waals surface area contributed by atoms with Gasteiger partial charge in [0.25, 0.3) is 0 Å². The Labute approximate surface area is 93.7 Å². The number of nitrogens with one attached hydrogen (secondary N) is 1. The summed E-state index contributed by atoms with van der Waals surface area (Å²) in [5.41, 5.74) is 0. The molecule has 1 saturated heterocycles. The van der Waals surface area contributed by atoms with Crippen molar-refractivity contribution in [3.8, 4) is 0 Å². The van der Waals surface area contributed by atoms with Gasteiger partial charge in [0.1, 0.15) is 0 Å². The normalized spacial score (nSPS) is 26.5. The maximum absolute atomic E-state index is 3.56. The van der Waals surface area contributed by atoms with Crippen molar-refractivity contribution in [3.05, 3.63) is 12.2 Å². The molecule has 86 valence electrons. The molecule has 2 aliphatic rings. The Morgan fingerprint density at radius 2 is 2.07 bits per heavy atom. The van der Waals surface area contributed by atoms with E-state index in [2.05, 4.69) is 22.4 Å². The van der Waals surface area contributed by atoms with Crippen molar-refractivity contribution in [2.45, 2.75) is 32.1 Å². The van der Waals surface area contributed by atoms with Crippen LogP contribution in [0.4, 0.5) is 0 Å². The minimum Gasteiger partial charge on any atom is -0.315 e. The fraction of sp³-hybridized carbons (Fsp3) is 0.846. The van der Waals surface area contributed by atoms with Crippen LogP contribution in [0.1, 0.15) is 32.1 Å². The third kappa shape index (κ3) is 3.96. The van der Waals surface area contributed by atoms with Crippen LogP contribution in [-0.4, -0.2) is 37.6 Å². The number of nitrogens with zero attached hydrogens (tertiary/aromatic N) is 1. The Hall–Kier alpha value is -0.340. The van der Waals surface area contributed by atoms with Gasteiger partial charge in [-0.1, -0.05) is 12.2 Å².